The Kier molecular flexibility index (Phi) is 2.94. The van der Waals surface area contributed by atoms with Gasteiger partial charge in [0.2, 0.25) is 0 Å². The van der Waals surface area contributed by atoms with Crippen molar-refractivity contribution >= 4 is 0 Å². The van der Waals surface area contributed by atoms with Crippen LogP contribution in [0.2, 0.25) is 0 Å². The van der Waals surface area contributed by atoms with E-state index in [0.717, 1.165) is 13.0 Å². The van der Waals surface area contributed by atoms with E-state index in [9.17, 15) is 0 Å². The molecule has 2 nitrogen and oxygen atoms in total. The summed E-state index contributed by atoms with van der Waals surface area (Å²) in [6.45, 7) is 1.07. The van der Waals surface area contributed by atoms with Gasteiger partial charge in [-0.2, -0.15) is 0 Å². The minimum absolute atomic E-state index is 0.501. The van der Waals surface area contributed by atoms with Crippen molar-refractivity contribution in [2.75, 3.05) is 6.54 Å². The Hall–Kier alpha value is -0.860. The molecule has 0 aromatic heterocycles. The smallest absolute Gasteiger partial charge is 0.0733 e. The van der Waals surface area contributed by atoms with Crippen molar-refractivity contribution in [2.24, 2.45) is 0 Å². The Morgan fingerprint density at radius 3 is 2.75 bits per heavy atom. The molecule has 0 aliphatic carbocycles. The van der Waals surface area contributed by atoms with Crippen LogP contribution in [0.5, 0.6) is 0 Å². The Morgan fingerprint density at radius 1 is 1.19 bits per heavy atom. The van der Waals surface area contributed by atoms with E-state index in [-0.39, 0.29) is 0 Å². The van der Waals surface area contributed by atoms with Crippen LogP contribution in [-0.4, -0.2) is 24.8 Å². The quantitative estimate of drug-likeness (QED) is 0.834. The number of nitrogens with one attached hydrogen (secondary N) is 1. The molecule has 2 heteroatoms. The average Bonchev–Trinajstić information content (AvgIpc) is 2.92. The van der Waals surface area contributed by atoms with E-state index in [2.05, 4.69) is 35.6 Å². The SMILES string of the molecule is c1ccc(CCNC2CC3CCC2O3)cc1. The predicted octanol–water partition coefficient (Wildman–Crippen LogP) is 2.14. The van der Waals surface area contributed by atoms with Gasteiger partial charge in [-0.05, 0) is 37.8 Å². The van der Waals surface area contributed by atoms with Gasteiger partial charge in [0.15, 0.2) is 0 Å². The highest BCUT2D eigenvalue weighted by molar-refractivity contribution is 5.14. The number of fused-ring (bicyclic) bond motifs is 2. The Bertz CT molecular complexity index is 338. The van der Waals surface area contributed by atoms with Crippen LogP contribution in [0.4, 0.5) is 0 Å². The fraction of sp³-hybridized carbons (Fsp3) is 0.571. The first kappa shape index (κ1) is 10.3. The average molecular weight is 217 g/mol. The zero-order valence-corrected chi connectivity index (χ0v) is 9.56. The lowest BCUT2D eigenvalue weighted by atomic mass is 9.95. The maximum Gasteiger partial charge on any atom is 0.0733 e. The van der Waals surface area contributed by atoms with E-state index >= 15 is 0 Å². The molecule has 2 aliphatic rings. The van der Waals surface area contributed by atoms with Gasteiger partial charge in [0.05, 0.1) is 12.2 Å². The van der Waals surface area contributed by atoms with Gasteiger partial charge in [0.25, 0.3) is 0 Å². The standard InChI is InChI=1S/C14H19NO/c1-2-4-11(5-3-1)8-9-15-13-10-12-6-7-14(13)16-12/h1-5,12-15H,6-10H2. The van der Waals surface area contributed by atoms with E-state index in [0.29, 0.717) is 18.2 Å². The van der Waals surface area contributed by atoms with Crippen LogP contribution < -0.4 is 5.32 Å². The third-order valence-corrected chi connectivity index (χ3v) is 3.77. The van der Waals surface area contributed by atoms with E-state index in [1.54, 1.807) is 0 Å². The number of benzene rings is 1. The molecule has 1 aromatic rings. The second kappa shape index (κ2) is 4.56. The van der Waals surface area contributed by atoms with Gasteiger partial charge in [0, 0.05) is 6.04 Å². The van der Waals surface area contributed by atoms with Crippen molar-refractivity contribution in [1.82, 2.24) is 5.32 Å². The first-order valence-electron chi connectivity index (χ1n) is 6.34. The summed E-state index contributed by atoms with van der Waals surface area (Å²) in [4.78, 5) is 0. The first-order valence-corrected chi connectivity index (χ1v) is 6.34. The Balaban J connectivity index is 1.44. The molecule has 2 aliphatic heterocycles. The third kappa shape index (κ3) is 2.13. The molecule has 0 radical (unpaired) electrons. The van der Waals surface area contributed by atoms with Gasteiger partial charge >= 0.3 is 0 Å². The normalized spacial score (nSPS) is 32.1. The molecule has 3 rings (SSSR count). The lowest BCUT2D eigenvalue weighted by Crippen LogP contribution is -2.38. The van der Waals surface area contributed by atoms with Gasteiger partial charge in [-0.3, -0.25) is 0 Å². The van der Waals surface area contributed by atoms with E-state index in [1.165, 1.54) is 24.8 Å². The molecule has 2 heterocycles. The fourth-order valence-corrected chi connectivity index (χ4v) is 2.90. The maximum atomic E-state index is 5.83. The fourth-order valence-electron chi connectivity index (χ4n) is 2.90. The molecular formula is C14H19NO. The van der Waals surface area contributed by atoms with Crippen LogP contribution in [0.15, 0.2) is 30.3 Å². The summed E-state index contributed by atoms with van der Waals surface area (Å²) >= 11 is 0. The van der Waals surface area contributed by atoms with Crippen molar-refractivity contribution in [3.63, 3.8) is 0 Å². The number of hydrogen-bond donors (Lipinski definition) is 1. The summed E-state index contributed by atoms with van der Waals surface area (Å²) in [6.07, 6.45) is 5.93. The molecule has 2 saturated heterocycles. The summed E-state index contributed by atoms with van der Waals surface area (Å²) < 4.78 is 5.83. The van der Waals surface area contributed by atoms with Crippen LogP contribution in [0.3, 0.4) is 0 Å². The largest absolute Gasteiger partial charge is 0.373 e. The summed E-state index contributed by atoms with van der Waals surface area (Å²) in [7, 11) is 0. The Labute approximate surface area is 97.0 Å². The molecule has 16 heavy (non-hydrogen) atoms. The topological polar surface area (TPSA) is 21.3 Å². The minimum Gasteiger partial charge on any atom is -0.373 e. The third-order valence-electron chi connectivity index (χ3n) is 3.77. The van der Waals surface area contributed by atoms with Gasteiger partial charge in [0.1, 0.15) is 0 Å². The minimum atomic E-state index is 0.501. The lowest BCUT2D eigenvalue weighted by molar-refractivity contribution is 0.0975. The van der Waals surface area contributed by atoms with Gasteiger partial charge in [-0.15, -0.1) is 0 Å². The molecule has 2 fully saturated rings. The van der Waals surface area contributed by atoms with Crippen LogP contribution in [0, 0.1) is 0 Å². The van der Waals surface area contributed by atoms with Crippen LogP contribution >= 0.6 is 0 Å². The molecule has 2 bridgehead atoms. The molecule has 86 valence electrons. The summed E-state index contributed by atoms with van der Waals surface area (Å²) in [6, 6.07) is 11.3. The van der Waals surface area contributed by atoms with Gasteiger partial charge in [-0.1, -0.05) is 30.3 Å². The highest BCUT2D eigenvalue weighted by Crippen LogP contribution is 2.34. The van der Waals surface area contributed by atoms with Crippen LogP contribution in [-0.2, 0) is 11.2 Å². The first-order chi connectivity index (χ1) is 7.92. The van der Waals surface area contributed by atoms with Gasteiger partial charge in [-0.25, -0.2) is 0 Å². The second-order valence-corrected chi connectivity index (χ2v) is 4.91. The van der Waals surface area contributed by atoms with Crippen molar-refractivity contribution in [2.45, 2.75) is 43.9 Å². The molecule has 1 N–H and O–H groups in total. The zero-order valence-electron chi connectivity index (χ0n) is 9.56. The monoisotopic (exact) mass is 217 g/mol. The zero-order chi connectivity index (χ0) is 10.8. The summed E-state index contributed by atoms with van der Waals surface area (Å²) in [5.41, 5.74) is 1.42. The van der Waals surface area contributed by atoms with Crippen molar-refractivity contribution in [3.8, 4) is 0 Å². The van der Waals surface area contributed by atoms with E-state index in [1.807, 2.05) is 0 Å². The number of hydrogen-bond acceptors (Lipinski definition) is 2. The molecule has 3 unspecified atom stereocenters. The summed E-state index contributed by atoms with van der Waals surface area (Å²) in [5, 5.41) is 3.64. The van der Waals surface area contributed by atoms with Crippen LogP contribution in [0.25, 0.3) is 0 Å². The second-order valence-electron chi connectivity index (χ2n) is 4.91. The van der Waals surface area contributed by atoms with Crippen molar-refractivity contribution in [1.29, 1.82) is 0 Å². The van der Waals surface area contributed by atoms with Crippen LogP contribution in [0.1, 0.15) is 24.8 Å². The molecular weight excluding hydrogens is 198 g/mol. The molecule has 0 amide bonds. The lowest BCUT2D eigenvalue weighted by Gasteiger charge is -2.19. The molecule has 0 spiro atoms. The predicted molar refractivity (Wildman–Crippen MR) is 64.4 cm³/mol. The highest BCUT2D eigenvalue weighted by Gasteiger charge is 2.40. The maximum absolute atomic E-state index is 5.83. The highest BCUT2D eigenvalue weighted by atomic mass is 16.5. The molecule has 3 atom stereocenters. The number of rotatable bonds is 4. The van der Waals surface area contributed by atoms with Crippen molar-refractivity contribution in [3.05, 3.63) is 35.9 Å². The Morgan fingerprint density at radius 2 is 2.06 bits per heavy atom. The van der Waals surface area contributed by atoms with Gasteiger partial charge < -0.3 is 10.1 Å². The number of ether oxygens (including phenoxy) is 1. The van der Waals surface area contributed by atoms with E-state index < -0.39 is 0 Å². The summed E-state index contributed by atoms with van der Waals surface area (Å²) in [5.74, 6) is 0. The molecule has 1 aromatic carbocycles. The van der Waals surface area contributed by atoms with E-state index in [4.69, 9.17) is 4.74 Å². The molecule has 0 saturated carbocycles. The van der Waals surface area contributed by atoms with Crippen molar-refractivity contribution < 1.29 is 4.74 Å².